The summed E-state index contributed by atoms with van der Waals surface area (Å²) < 4.78 is 1.08. The molecule has 1 N–H and O–H groups in total. The molecule has 2 nitrogen and oxygen atoms in total. The van der Waals surface area contributed by atoms with Gasteiger partial charge in [-0.3, -0.25) is 0 Å². The van der Waals surface area contributed by atoms with Gasteiger partial charge in [-0.15, -0.1) is 0 Å². The third-order valence-electron chi connectivity index (χ3n) is 2.99. The number of benzene rings is 1. The van der Waals surface area contributed by atoms with Crippen LogP contribution in [0.15, 0.2) is 40.4 Å². The number of aliphatic carboxylic acids is 1. The molecule has 0 radical (unpaired) electrons. The van der Waals surface area contributed by atoms with Crippen LogP contribution in [0.25, 0.3) is 0 Å². The summed E-state index contributed by atoms with van der Waals surface area (Å²) in [4.78, 5) is 10.6. The molecule has 1 aliphatic rings. The Hall–Kier alpha value is -1.09. The fourth-order valence-corrected chi connectivity index (χ4v) is 2.47. The van der Waals surface area contributed by atoms with Crippen molar-refractivity contribution in [2.45, 2.75) is 25.2 Å². The second-order valence-corrected chi connectivity index (χ2v) is 5.05. The maximum atomic E-state index is 10.6. The highest BCUT2D eigenvalue weighted by Gasteiger charge is 2.21. The molecule has 1 fully saturated rings. The topological polar surface area (TPSA) is 37.3 Å². The van der Waals surface area contributed by atoms with Gasteiger partial charge in [0.2, 0.25) is 0 Å². The van der Waals surface area contributed by atoms with Gasteiger partial charge in [0.25, 0.3) is 0 Å². The van der Waals surface area contributed by atoms with Crippen molar-refractivity contribution in [3.8, 4) is 0 Å². The van der Waals surface area contributed by atoms with Crippen molar-refractivity contribution >= 4 is 21.9 Å². The summed E-state index contributed by atoms with van der Waals surface area (Å²) in [5, 5.41) is 8.68. The molecular formula is C13H13BrO2. The highest BCUT2D eigenvalue weighted by atomic mass is 79.9. The lowest BCUT2D eigenvalue weighted by Crippen LogP contribution is -1.92. The van der Waals surface area contributed by atoms with E-state index in [1.807, 2.05) is 12.1 Å². The van der Waals surface area contributed by atoms with E-state index in [2.05, 4.69) is 28.1 Å². The Bertz CT molecular complexity index is 420. The zero-order valence-corrected chi connectivity index (χ0v) is 10.4. The summed E-state index contributed by atoms with van der Waals surface area (Å²) in [6, 6.07) is 8.29. The van der Waals surface area contributed by atoms with E-state index >= 15 is 0 Å². The summed E-state index contributed by atoms with van der Waals surface area (Å²) in [5.41, 5.74) is 2.36. The number of carboxylic acids is 1. The maximum Gasteiger partial charge on any atom is 0.328 e. The average molecular weight is 281 g/mol. The normalized spacial score (nSPS) is 22.6. The molecule has 0 spiro atoms. The van der Waals surface area contributed by atoms with E-state index in [-0.39, 0.29) is 0 Å². The number of halogens is 1. The fraction of sp³-hybridized carbons (Fsp3) is 0.308. The molecule has 1 saturated carbocycles. The van der Waals surface area contributed by atoms with Gasteiger partial charge in [0, 0.05) is 10.5 Å². The van der Waals surface area contributed by atoms with E-state index in [1.54, 1.807) is 0 Å². The Morgan fingerprint density at radius 3 is 2.69 bits per heavy atom. The Morgan fingerprint density at radius 1 is 1.38 bits per heavy atom. The summed E-state index contributed by atoms with van der Waals surface area (Å²) >= 11 is 3.41. The molecule has 0 amide bonds. The first-order chi connectivity index (χ1) is 7.65. The predicted molar refractivity (Wildman–Crippen MR) is 66.5 cm³/mol. The number of hydrogen-bond acceptors (Lipinski definition) is 1. The van der Waals surface area contributed by atoms with Gasteiger partial charge in [-0.25, -0.2) is 4.79 Å². The summed E-state index contributed by atoms with van der Waals surface area (Å²) in [6.07, 6.45) is 4.21. The Balaban J connectivity index is 2.09. The number of hydrogen-bond donors (Lipinski definition) is 1. The van der Waals surface area contributed by atoms with Gasteiger partial charge < -0.3 is 5.11 Å². The molecule has 0 unspecified atom stereocenters. The highest BCUT2D eigenvalue weighted by Crippen LogP contribution is 2.37. The van der Waals surface area contributed by atoms with Gasteiger partial charge in [0.05, 0.1) is 0 Å². The Morgan fingerprint density at radius 2 is 2.06 bits per heavy atom. The molecule has 1 atom stereocenters. The summed E-state index contributed by atoms with van der Waals surface area (Å²) in [5.74, 6) is -0.342. The van der Waals surface area contributed by atoms with Crippen LogP contribution >= 0.6 is 15.9 Å². The van der Waals surface area contributed by atoms with Gasteiger partial charge in [-0.05, 0) is 42.9 Å². The van der Waals surface area contributed by atoms with Crippen LogP contribution in [0.1, 0.15) is 30.7 Å². The molecule has 0 aliphatic heterocycles. The predicted octanol–water partition coefficient (Wildman–Crippen LogP) is 3.73. The lowest BCUT2D eigenvalue weighted by atomic mass is 9.97. The molecule has 16 heavy (non-hydrogen) atoms. The molecule has 3 heteroatoms. The first kappa shape index (κ1) is 11.4. The molecule has 1 aromatic carbocycles. The minimum Gasteiger partial charge on any atom is -0.478 e. The summed E-state index contributed by atoms with van der Waals surface area (Å²) in [6.45, 7) is 0. The molecule has 0 saturated heterocycles. The van der Waals surface area contributed by atoms with Crippen LogP contribution < -0.4 is 0 Å². The van der Waals surface area contributed by atoms with Gasteiger partial charge in [0.15, 0.2) is 0 Å². The lowest BCUT2D eigenvalue weighted by Gasteiger charge is -2.08. The zero-order chi connectivity index (χ0) is 11.5. The average Bonchev–Trinajstić information content (AvgIpc) is 2.66. The zero-order valence-electron chi connectivity index (χ0n) is 8.82. The quantitative estimate of drug-likeness (QED) is 0.839. The third kappa shape index (κ3) is 2.73. The maximum absolute atomic E-state index is 10.6. The van der Waals surface area contributed by atoms with Crippen LogP contribution in [-0.4, -0.2) is 11.1 Å². The van der Waals surface area contributed by atoms with Gasteiger partial charge >= 0.3 is 5.97 Å². The van der Waals surface area contributed by atoms with E-state index in [0.29, 0.717) is 5.92 Å². The van der Waals surface area contributed by atoms with Crippen molar-refractivity contribution in [3.63, 3.8) is 0 Å². The van der Waals surface area contributed by atoms with Gasteiger partial charge in [-0.1, -0.05) is 33.6 Å². The number of carbonyl (C=O) groups is 1. The van der Waals surface area contributed by atoms with Gasteiger partial charge in [0.1, 0.15) is 0 Å². The van der Waals surface area contributed by atoms with E-state index in [0.717, 1.165) is 29.3 Å². The lowest BCUT2D eigenvalue weighted by molar-refractivity contribution is -0.131. The molecule has 84 valence electrons. The van der Waals surface area contributed by atoms with Crippen LogP contribution in [0.5, 0.6) is 0 Å². The van der Waals surface area contributed by atoms with Gasteiger partial charge in [-0.2, -0.15) is 0 Å². The van der Waals surface area contributed by atoms with Crippen molar-refractivity contribution in [1.82, 2.24) is 0 Å². The Labute approximate surface area is 103 Å². The minimum atomic E-state index is -0.827. The molecular weight excluding hydrogens is 268 g/mol. The largest absolute Gasteiger partial charge is 0.478 e. The monoisotopic (exact) mass is 280 g/mol. The standard InChI is InChI=1S/C13H13BrO2/c14-12-5-3-10(4-6-12)11-2-1-9(7-11)8-13(15)16/h3-6,8,11H,1-2,7H2,(H,15,16)/b9-8+/t11-/m0/s1. The van der Waals surface area contributed by atoms with Crippen molar-refractivity contribution in [1.29, 1.82) is 0 Å². The molecule has 2 rings (SSSR count). The van der Waals surface area contributed by atoms with Crippen molar-refractivity contribution in [2.75, 3.05) is 0 Å². The van der Waals surface area contributed by atoms with Crippen molar-refractivity contribution in [3.05, 3.63) is 46.0 Å². The van der Waals surface area contributed by atoms with E-state index in [1.165, 1.54) is 11.6 Å². The minimum absolute atomic E-state index is 0.485. The number of carboxylic acid groups (broad SMARTS) is 1. The van der Waals surface area contributed by atoms with Crippen molar-refractivity contribution < 1.29 is 9.90 Å². The number of rotatable bonds is 2. The van der Waals surface area contributed by atoms with E-state index < -0.39 is 5.97 Å². The third-order valence-corrected chi connectivity index (χ3v) is 3.52. The summed E-state index contributed by atoms with van der Waals surface area (Å²) in [7, 11) is 0. The van der Waals surface area contributed by atoms with Crippen LogP contribution in [0.4, 0.5) is 0 Å². The second-order valence-electron chi connectivity index (χ2n) is 4.13. The molecule has 1 aliphatic carbocycles. The smallest absolute Gasteiger partial charge is 0.328 e. The first-order valence-corrected chi connectivity index (χ1v) is 6.12. The molecule has 1 aromatic rings. The SMILES string of the molecule is O=C(O)/C=C1\CC[C@H](c2ccc(Br)cc2)C1. The van der Waals surface area contributed by atoms with Crippen LogP contribution in [0.3, 0.4) is 0 Å². The van der Waals surface area contributed by atoms with Crippen molar-refractivity contribution in [2.24, 2.45) is 0 Å². The molecule has 0 aromatic heterocycles. The van der Waals surface area contributed by atoms with Crippen LogP contribution in [-0.2, 0) is 4.79 Å². The molecule has 0 bridgehead atoms. The first-order valence-electron chi connectivity index (χ1n) is 5.33. The fourth-order valence-electron chi connectivity index (χ4n) is 2.21. The van der Waals surface area contributed by atoms with Crippen LogP contribution in [0, 0.1) is 0 Å². The molecule has 0 heterocycles. The highest BCUT2D eigenvalue weighted by molar-refractivity contribution is 9.10. The van der Waals surface area contributed by atoms with Crippen LogP contribution in [0.2, 0.25) is 0 Å². The second kappa shape index (κ2) is 4.83. The van der Waals surface area contributed by atoms with E-state index in [4.69, 9.17) is 5.11 Å². The van der Waals surface area contributed by atoms with E-state index in [9.17, 15) is 4.79 Å². The number of allylic oxidation sites excluding steroid dienone is 1. The Kier molecular flexibility index (Phi) is 3.44.